The smallest absolute Gasteiger partial charge is 0.0929 e. The quantitative estimate of drug-likeness (QED) is 0.860. The Bertz CT molecular complexity index is 452. The molecule has 1 aliphatic carbocycles. The Hall–Kier alpha value is -0.280. The van der Waals surface area contributed by atoms with Crippen LogP contribution >= 0.6 is 23.2 Å². The van der Waals surface area contributed by atoms with E-state index in [1.54, 1.807) is 18.2 Å². The topological polar surface area (TPSA) is 32.3 Å². The predicted octanol–water partition coefficient (Wildman–Crippen LogP) is 4.44. The van der Waals surface area contributed by atoms with E-state index in [-0.39, 0.29) is 0 Å². The molecule has 0 spiro atoms. The molecule has 1 saturated carbocycles. The van der Waals surface area contributed by atoms with Crippen molar-refractivity contribution in [3.63, 3.8) is 0 Å². The third-order valence-corrected chi connectivity index (χ3v) is 4.90. The van der Waals surface area contributed by atoms with Crippen molar-refractivity contribution in [1.29, 1.82) is 0 Å². The summed E-state index contributed by atoms with van der Waals surface area (Å²) < 4.78 is 0. The molecule has 20 heavy (non-hydrogen) atoms. The standard InChI is InChI=1S/C16H23Cl2NO/c1-10-3-6-15(11(2)7-10)19-9-16(20)13-8-12(17)4-5-14(13)18/h4-5,8,10-11,15-16,19-20H,3,6-7,9H2,1-2H3. The highest BCUT2D eigenvalue weighted by atomic mass is 35.5. The van der Waals surface area contributed by atoms with Gasteiger partial charge in [0.05, 0.1) is 6.10 Å². The number of benzene rings is 1. The van der Waals surface area contributed by atoms with E-state index < -0.39 is 6.10 Å². The monoisotopic (exact) mass is 315 g/mol. The zero-order chi connectivity index (χ0) is 14.7. The highest BCUT2D eigenvalue weighted by Gasteiger charge is 2.25. The lowest BCUT2D eigenvalue weighted by Gasteiger charge is -2.34. The second-order valence-corrected chi connectivity index (χ2v) is 6.94. The molecule has 1 aromatic carbocycles. The van der Waals surface area contributed by atoms with Crippen molar-refractivity contribution < 1.29 is 5.11 Å². The number of aliphatic hydroxyl groups is 1. The van der Waals surface area contributed by atoms with Gasteiger partial charge in [-0.15, -0.1) is 0 Å². The second-order valence-electron chi connectivity index (χ2n) is 6.09. The number of halogens is 2. The van der Waals surface area contributed by atoms with Crippen molar-refractivity contribution >= 4 is 23.2 Å². The van der Waals surface area contributed by atoms with Gasteiger partial charge >= 0.3 is 0 Å². The summed E-state index contributed by atoms with van der Waals surface area (Å²) in [4.78, 5) is 0. The Morgan fingerprint density at radius 2 is 2.05 bits per heavy atom. The second kappa shape index (κ2) is 7.13. The molecule has 1 fully saturated rings. The Morgan fingerprint density at radius 3 is 2.75 bits per heavy atom. The molecular formula is C16H23Cl2NO. The predicted molar refractivity (Wildman–Crippen MR) is 85.4 cm³/mol. The number of hydrogen-bond donors (Lipinski definition) is 2. The van der Waals surface area contributed by atoms with E-state index in [2.05, 4.69) is 19.2 Å². The Kier molecular flexibility index (Phi) is 5.74. The minimum atomic E-state index is -0.618. The van der Waals surface area contributed by atoms with E-state index in [0.717, 1.165) is 5.92 Å². The van der Waals surface area contributed by atoms with E-state index in [1.807, 2.05) is 0 Å². The third-order valence-electron chi connectivity index (χ3n) is 4.32. The van der Waals surface area contributed by atoms with Crippen LogP contribution < -0.4 is 5.32 Å². The zero-order valence-corrected chi connectivity index (χ0v) is 13.6. The molecule has 4 atom stereocenters. The van der Waals surface area contributed by atoms with Crippen LogP contribution in [0.15, 0.2) is 18.2 Å². The van der Waals surface area contributed by atoms with Crippen molar-refractivity contribution in [3.05, 3.63) is 33.8 Å². The maximum atomic E-state index is 10.3. The fraction of sp³-hybridized carbons (Fsp3) is 0.625. The van der Waals surface area contributed by atoms with Gasteiger partial charge in [0.25, 0.3) is 0 Å². The summed E-state index contributed by atoms with van der Waals surface area (Å²) in [6.07, 6.45) is 3.08. The van der Waals surface area contributed by atoms with Crippen LogP contribution in [0.25, 0.3) is 0 Å². The molecule has 2 rings (SSSR count). The van der Waals surface area contributed by atoms with Gasteiger partial charge in [0.1, 0.15) is 0 Å². The molecule has 0 radical (unpaired) electrons. The van der Waals surface area contributed by atoms with Crippen molar-refractivity contribution in [1.82, 2.24) is 5.32 Å². The lowest BCUT2D eigenvalue weighted by Crippen LogP contribution is -2.40. The van der Waals surface area contributed by atoms with Crippen molar-refractivity contribution in [3.8, 4) is 0 Å². The van der Waals surface area contributed by atoms with Crippen LogP contribution in [0.4, 0.5) is 0 Å². The summed E-state index contributed by atoms with van der Waals surface area (Å²) in [6.45, 7) is 5.11. The van der Waals surface area contributed by atoms with Crippen molar-refractivity contribution in [2.24, 2.45) is 11.8 Å². The molecule has 0 saturated heterocycles. The maximum Gasteiger partial charge on any atom is 0.0929 e. The molecular weight excluding hydrogens is 293 g/mol. The molecule has 1 aromatic rings. The molecule has 0 amide bonds. The maximum absolute atomic E-state index is 10.3. The van der Waals surface area contributed by atoms with Crippen LogP contribution in [0.3, 0.4) is 0 Å². The first-order valence-corrected chi connectivity index (χ1v) is 8.09. The van der Waals surface area contributed by atoms with E-state index in [4.69, 9.17) is 23.2 Å². The van der Waals surface area contributed by atoms with Gasteiger partial charge in [-0.1, -0.05) is 37.0 Å². The molecule has 0 aromatic heterocycles. The summed E-state index contributed by atoms with van der Waals surface area (Å²) in [6, 6.07) is 5.69. The Labute approximate surface area is 131 Å². The van der Waals surface area contributed by atoms with E-state index in [1.165, 1.54) is 19.3 Å². The average molecular weight is 316 g/mol. The highest BCUT2D eigenvalue weighted by molar-refractivity contribution is 6.33. The van der Waals surface area contributed by atoms with Crippen LogP contribution in [0.2, 0.25) is 10.0 Å². The lowest BCUT2D eigenvalue weighted by molar-refractivity contribution is 0.151. The van der Waals surface area contributed by atoms with Gasteiger partial charge in [0, 0.05) is 28.2 Å². The largest absolute Gasteiger partial charge is 0.387 e. The van der Waals surface area contributed by atoms with Crippen LogP contribution in [0.1, 0.15) is 44.8 Å². The van der Waals surface area contributed by atoms with Gasteiger partial charge in [-0.3, -0.25) is 0 Å². The number of aliphatic hydroxyl groups excluding tert-OH is 1. The van der Waals surface area contributed by atoms with Crippen LogP contribution in [0.5, 0.6) is 0 Å². The van der Waals surface area contributed by atoms with Gasteiger partial charge in [-0.05, 0) is 49.3 Å². The number of nitrogens with one attached hydrogen (secondary N) is 1. The molecule has 112 valence electrons. The minimum Gasteiger partial charge on any atom is -0.387 e. The van der Waals surface area contributed by atoms with Crippen molar-refractivity contribution in [2.75, 3.05) is 6.54 Å². The first-order chi connectivity index (χ1) is 9.47. The van der Waals surface area contributed by atoms with Gasteiger partial charge in [-0.25, -0.2) is 0 Å². The number of hydrogen-bond acceptors (Lipinski definition) is 2. The summed E-state index contributed by atoms with van der Waals surface area (Å²) >= 11 is 12.1. The molecule has 0 aliphatic heterocycles. The van der Waals surface area contributed by atoms with Crippen molar-refractivity contribution in [2.45, 2.75) is 45.3 Å². The Morgan fingerprint density at radius 1 is 1.30 bits per heavy atom. The average Bonchev–Trinajstić information content (AvgIpc) is 2.40. The van der Waals surface area contributed by atoms with Crippen LogP contribution in [0, 0.1) is 11.8 Å². The van der Waals surface area contributed by atoms with Crippen LogP contribution in [-0.4, -0.2) is 17.7 Å². The SMILES string of the molecule is CC1CCC(NCC(O)c2cc(Cl)ccc2Cl)C(C)C1. The summed E-state index contributed by atoms with van der Waals surface area (Å²) in [5, 5.41) is 14.9. The van der Waals surface area contributed by atoms with Gasteiger partial charge < -0.3 is 10.4 Å². The number of rotatable bonds is 4. The Balaban J connectivity index is 1.92. The van der Waals surface area contributed by atoms with Crippen LogP contribution in [-0.2, 0) is 0 Å². The fourth-order valence-corrected chi connectivity index (χ4v) is 3.54. The first-order valence-electron chi connectivity index (χ1n) is 7.33. The lowest BCUT2D eigenvalue weighted by atomic mass is 9.80. The van der Waals surface area contributed by atoms with Gasteiger partial charge in [0.15, 0.2) is 0 Å². The summed E-state index contributed by atoms with van der Waals surface area (Å²) in [5.74, 6) is 1.47. The fourth-order valence-electron chi connectivity index (χ4n) is 3.11. The van der Waals surface area contributed by atoms with E-state index in [9.17, 15) is 5.11 Å². The van der Waals surface area contributed by atoms with Gasteiger partial charge in [-0.2, -0.15) is 0 Å². The summed E-state index contributed by atoms with van der Waals surface area (Å²) in [5.41, 5.74) is 0.698. The first kappa shape index (κ1) is 16.1. The third kappa shape index (κ3) is 4.11. The molecule has 2 nitrogen and oxygen atoms in total. The molecule has 1 aliphatic rings. The zero-order valence-electron chi connectivity index (χ0n) is 12.1. The van der Waals surface area contributed by atoms with Gasteiger partial charge in [0.2, 0.25) is 0 Å². The van der Waals surface area contributed by atoms with E-state index >= 15 is 0 Å². The normalized spacial score (nSPS) is 28.4. The van der Waals surface area contributed by atoms with E-state index in [0.29, 0.717) is 34.1 Å². The molecule has 4 heteroatoms. The summed E-state index contributed by atoms with van der Waals surface area (Å²) in [7, 11) is 0. The molecule has 0 heterocycles. The highest BCUT2D eigenvalue weighted by Crippen LogP contribution is 2.30. The molecule has 2 N–H and O–H groups in total. The molecule has 0 bridgehead atoms. The molecule has 4 unspecified atom stereocenters. The minimum absolute atomic E-state index is 0.485.